The summed E-state index contributed by atoms with van der Waals surface area (Å²) in [7, 11) is 5.48. The van der Waals surface area contributed by atoms with E-state index in [1.165, 1.54) is 22.7 Å². The van der Waals surface area contributed by atoms with Crippen molar-refractivity contribution in [3.05, 3.63) is 42.1 Å². The standard InChI is InChI=1S/C15H13BN6O5/c16-14(24)15(25,26)21-13(23)9-6-18-22-10(17)5-11(20-12(9)22)19-7-2-1-3-8(4-7)27-14/h1-6,24-26H,17H2,(H,19,20)(H,21,23). The summed E-state index contributed by atoms with van der Waals surface area (Å²) in [6.45, 7) is 0. The molecule has 3 heterocycles. The number of hydrogen-bond donors (Lipinski definition) is 6. The van der Waals surface area contributed by atoms with Crippen LogP contribution in [0.25, 0.3) is 5.65 Å². The average Bonchev–Trinajstić information content (AvgIpc) is 2.98. The number of fused-ring (bicyclic) bond motifs is 3. The van der Waals surface area contributed by atoms with E-state index in [1.54, 1.807) is 17.4 Å². The summed E-state index contributed by atoms with van der Waals surface area (Å²) >= 11 is 0. The second-order valence-electron chi connectivity index (χ2n) is 5.94. The zero-order valence-corrected chi connectivity index (χ0v) is 13.6. The first kappa shape index (κ1) is 17.1. The normalized spacial score (nSPS) is 21.4. The minimum Gasteiger partial charge on any atom is -0.464 e. The molecule has 11 nitrogen and oxygen atoms in total. The van der Waals surface area contributed by atoms with Gasteiger partial charge in [-0.2, -0.15) is 9.61 Å². The SMILES string of the molecule is [B]C1(O)Oc2cccc(c2)Nc2cc(N)n3ncc(c3n2)C(=O)NC1(O)O. The Morgan fingerprint density at radius 1 is 1.26 bits per heavy atom. The topological polar surface area (TPSA) is 167 Å². The molecule has 0 fully saturated rings. The van der Waals surface area contributed by atoms with Crippen LogP contribution in [0.3, 0.4) is 0 Å². The van der Waals surface area contributed by atoms with Gasteiger partial charge in [-0.1, -0.05) is 6.07 Å². The quantitative estimate of drug-likeness (QED) is 0.207. The van der Waals surface area contributed by atoms with E-state index in [1.807, 2.05) is 0 Å². The van der Waals surface area contributed by atoms with Crippen molar-refractivity contribution >= 4 is 36.7 Å². The number of nitrogens with two attached hydrogens (primary N) is 1. The predicted molar refractivity (Wildman–Crippen MR) is 93.1 cm³/mol. The molecule has 1 amide bonds. The Labute approximate surface area is 152 Å². The fourth-order valence-electron chi connectivity index (χ4n) is 2.56. The lowest BCUT2D eigenvalue weighted by atomic mass is 9.90. The number of aliphatic hydroxyl groups is 3. The molecule has 136 valence electrons. The van der Waals surface area contributed by atoms with Crippen molar-refractivity contribution in [1.82, 2.24) is 19.9 Å². The molecule has 4 bridgehead atoms. The van der Waals surface area contributed by atoms with E-state index in [2.05, 4.69) is 15.4 Å². The van der Waals surface area contributed by atoms with Gasteiger partial charge in [0, 0.05) is 17.8 Å². The molecule has 2 radical (unpaired) electrons. The molecule has 0 spiro atoms. The Balaban J connectivity index is 1.94. The predicted octanol–water partition coefficient (Wildman–Crippen LogP) is -1.37. The molecule has 1 unspecified atom stereocenters. The molecular formula is C15H13BN6O5. The number of anilines is 3. The average molecular weight is 368 g/mol. The number of carbonyl (C=O) groups excluding carboxylic acids is 1. The van der Waals surface area contributed by atoms with Gasteiger partial charge in [0.2, 0.25) is 5.69 Å². The highest BCUT2D eigenvalue weighted by Crippen LogP contribution is 2.27. The molecule has 0 saturated heterocycles. The number of ether oxygens (including phenoxy) is 1. The zero-order chi connectivity index (χ0) is 19.4. The number of nitrogens with one attached hydrogen (secondary N) is 2. The molecule has 1 aliphatic heterocycles. The summed E-state index contributed by atoms with van der Waals surface area (Å²) in [5, 5.41) is 39.1. The molecule has 1 aromatic carbocycles. The fourth-order valence-corrected chi connectivity index (χ4v) is 2.56. The van der Waals surface area contributed by atoms with Crippen LogP contribution in [-0.2, 0) is 0 Å². The van der Waals surface area contributed by atoms with E-state index in [0.717, 1.165) is 6.20 Å². The van der Waals surface area contributed by atoms with Gasteiger partial charge in [0.25, 0.3) is 5.91 Å². The molecule has 2 aromatic heterocycles. The smallest absolute Gasteiger partial charge is 0.304 e. The number of hydrogen-bond acceptors (Lipinski definition) is 9. The van der Waals surface area contributed by atoms with Crippen molar-refractivity contribution in [1.29, 1.82) is 0 Å². The van der Waals surface area contributed by atoms with Gasteiger partial charge < -0.3 is 31.1 Å². The van der Waals surface area contributed by atoms with Crippen molar-refractivity contribution < 1.29 is 24.9 Å². The highest BCUT2D eigenvalue weighted by atomic mass is 16.7. The Morgan fingerprint density at radius 2 is 2.04 bits per heavy atom. The van der Waals surface area contributed by atoms with Gasteiger partial charge in [-0.05, 0) is 12.1 Å². The summed E-state index contributed by atoms with van der Waals surface area (Å²) in [4.78, 5) is 16.8. The lowest BCUT2D eigenvalue weighted by Crippen LogP contribution is -2.67. The number of benzene rings is 1. The van der Waals surface area contributed by atoms with Crippen LogP contribution in [0, 0.1) is 0 Å². The summed E-state index contributed by atoms with van der Waals surface area (Å²) in [5.41, 5.74) is 3.24. The van der Waals surface area contributed by atoms with E-state index in [9.17, 15) is 20.1 Å². The number of carbonyl (C=O) groups is 1. The van der Waals surface area contributed by atoms with E-state index in [0.29, 0.717) is 11.5 Å². The van der Waals surface area contributed by atoms with Crippen LogP contribution in [-0.4, -0.2) is 55.3 Å². The zero-order valence-electron chi connectivity index (χ0n) is 13.6. The lowest BCUT2D eigenvalue weighted by molar-refractivity contribution is -0.313. The Kier molecular flexibility index (Phi) is 3.53. The lowest BCUT2D eigenvalue weighted by Gasteiger charge is -2.37. The van der Waals surface area contributed by atoms with E-state index >= 15 is 0 Å². The minimum absolute atomic E-state index is 0.0111. The van der Waals surface area contributed by atoms with Crippen LogP contribution in [0.1, 0.15) is 10.4 Å². The number of nitrogens with zero attached hydrogens (tertiary/aromatic N) is 3. The van der Waals surface area contributed by atoms with Gasteiger partial charge in [0.15, 0.2) is 13.5 Å². The number of nitrogen functional groups attached to an aromatic ring is 1. The third-order valence-electron chi connectivity index (χ3n) is 3.91. The van der Waals surface area contributed by atoms with Gasteiger partial charge in [0.05, 0.1) is 6.20 Å². The third kappa shape index (κ3) is 2.81. The molecule has 3 aromatic rings. The maximum Gasteiger partial charge on any atom is 0.304 e. The summed E-state index contributed by atoms with van der Waals surface area (Å²) in [6, 6.07) is 7.56. The fraction of sp³-hybridized carbons (Fsp3) is 0.133. The van der Waals surface area contributed by atoms with Crippen molar-refractivity contribution in [2.24, 2.45) is 0 Å². The number of amides is 1. The molecular weight excluding hydrogens is 355 g/mol. The number of aromatic nitrogens is 3. The van der Waals surface area contributed by atoms with Crippen LogP contribution in [0.5, 0.6) is 5.75 Å². The van der Waals surface area contributed by atoms with Gasteiger partial charge in [-0.25, -0.2) is 4.98 Å². The molecule has 4 rings (SSSR count). The number of rotatable bonds is 0. The van der Waals surface area contributed by atoms with Crippen molar-refractivity contribution in [3.8, 4) is 5.75 Å². The minimum atomic E-state index is -3.35. The summed E-state index contributed by atoms with van der Waals surface area (Å²) < 4.78 is 6.26. The second kappa shape index (κ2) is 5.57. The molecule has 0 saturated carbocycles. The highest BCUT2D eigenvalue weighted by Gasteiger charge is 2.48. The van der Waals surface area contributed by atoms with Crippen LogP contribution in [0.4, 0.5) is 17.3 Å². The largest absolute Gasteiger partial charge is 0.464 e. The Bertz CT molecular complexity index is 1070. The third-order valence-corrected chi connectivity index (χ3v) is 3.91. The first-order chi connectivity index (χ1) is 12.7. The maximum atomic E-state index is 12.5. The monoisotopic (exact) mass is 368 g/mol. The first-order valence-corrected chi connectivity index (χ1v) is 7.65. The van der Waals surface area contributed by atoms with Crippen molar-refractivity contribution in [2.75, 3.05) is 11.1 Å². The molecule has 27 heavy (non-hydrogen) atoms. The molecule has 1 aliphatic rings. The van der Waals surface area contributed by atoms with Crippen LogP contribution in [0.15, 0.2) is 36.5 Å². The van der Waals surface area contributed by atoms with Gasteiger partial charge in [0.1, 0.15) is 22.9 Å². The first-order valence-electron chi connectivity index (χ1n) is 7.65. The van der Waals surface area contributed by atoms with Gasteiger partial charge in [-0.15, -0.1) is 0 Å². The Morgan fingerprint density at radius 3 is 2.81 bits per heavy atom. The van der Waals surface area contributed by atoms with Crippen LogP contribution in [0.2, 0.25) is 0 Å². The van der Waals surface area contributed by atoms with Gasteiger partial charge >= 0.3 is 5.91 Å². The van der Waals surface area contributed by atoms with E-state index in [-0.39, 0.29) is 22.8 Å². The second-order valence-corrected chi connectivity index (χ2v) is 5.94. The Hall–Kier alpha value is -3.35. The summed E-state index contributed by atoms with van der Waals surface area (Å²) in [6.07, 6.45) is 1.13. The van der Waals surface area contributed by atoms with Crippen molar-refractivity contribution in [3.63, 3.8) is 0 Å². The van der Waals surface area contributed by atoms with E-state index in [4.69, 9.17) is 18.3 Å². The van der Waals surface area contributed by atoms with Crippen LogP contribution >= 0.6 is 0 Å². The molecule has 12 heteroatoms. The highest BCUT2D eigenvalue weighted by molar-refractivity contribution is 6.14. The molecule has 7 N–H and O–H groups in total. The molecule has 1 atom stereocenters. The van der Waals surface area contributed by atoms with Gasteiger partial charge in [-0.3, -0.25) is 10.1 Å². The summed E-state index contributed by atoms with van der Waals surface area (Å²) in [5.74, 6) is -3.91. The van der Waals surface area contributed by atoms with Crippen molar-refractivity contribution in [2.45, 2.75) is 11.6 Å². The maximum absolute atomic E-state index is 12.5. The van der Waals surface area contributed by atoms with Crippen LogP contribution < -0.4 is 21.1 Å². The molecule has 0 aliphatic carbocycles. The van der Waals surface area contributed by atoms with E-state index < -0.39 is 17.5 Å².